The molecule has 0 aliphatic carbocycles. The van der Waals surface area contributed by atoms with Crippen LogP contribution in [-0.4, -0.2) is 24.5 Å². The zero-order valence-corrected chi connectivity index (χ0v) is 13.2. The lowest BCUT2D eigenvalue weighted by Gasteiger charge is -2.02. The molecule has 1 heterocycles. The molecular weight excluding hydrogens is 284 g/mol. The molecule has 0 unspecified atom stereocenters. The van der Waals surface area contributed by atoms with Crippen LogP contribution in [0.15, 0.2) is 29.6 Å². The van der Waals surface area contributed by atoms with E-state index in [1.807, 2.05) is 36.6 Å². The Morgan fingerprint density at radius 2 is 2.29 bits per heavy atom. The van der Waals surface area contributed by atoms with Crippen molar-refractivity contribution >= 4 is 17.2 Å². The molecule has 4 nitrogen and oxygen atoms in total. The number of methoxy groups -OCH3 is 1. The molecule has 2 aromatic rings. The number of rotatable bonds is 7. The van der Waals surface area contributed by atoms with E-state index in [0.717, 1.165) is 35.0 Å². The van der Waals surface area contributed by atoms with E-state index in [9.17, 15) is 4.79 Å². The number of amides is 1. The van der Waals surface area contributed by atoms with Crippen LogP contribution >= 0.6 is 11.3 Å². The van der Waals surface area contributed by atoms with Crippen molar-refractivity contribution in [1.82, 2.24) is 10.3 Å². The van der Waals surface area contributed by atoms with Gasteiger partial charge in [-0.15, -0.1) is 11.3 Å². The summed E-state index contributed by atoms with van der Waals surface area (Å²) in [5, 5.41) is 5.85. The van der Waals surface area contributed by atoms with Gasteiger partial charge in [0.15, 0.2) is 0 Å². The van der Waals surface area contributed by atoms with Crippen molar-refractivity contribution in [1.29, 1.82) is 0 Å². The molecule has 0 saturated carbocycles. The zero-order chi connectivity index (χ0) is 15.1. The van der Waals surface area contributed by atoms with Crippen LogP contribution in [0.3, 0.4) is 0 Å². The van der Waals surface area contributed by atoms with Gasteiger partial charge in [-0.25, -0.2) is 4.98 Å². The highest BCUT2D eigenvalue weighted by Crippen LogP contribution is 2.27. The van der Waals surface area contributed by atoms with E-state index in [1.165, 1.54) is 0 Å². The molecule has 0 aliphatic heterocycles. The molecule has 2 rings (SSSR count). The van der Waals surface area contributed by atoms with Gasteiger partial charge in [-0.2, -0.15) is 0 Å². The van der Waals surface area contributed by atoms with Gasteiger partial charge in [0.25, 0.3) is 0 Å². The lowest BCUT2D eigenvalue weighted by molar-refractivity contribution is -0.121. The van der Waals surface area contributed by atoms with Crippen LogP contribution in [0.5, 0.6) is 5.75 Å². The van der Waals surface area contributed by atoms with Crippen molar-refractivity contribution in [3.8, 4) is 16.3 Å². The van der Waals surface area contributed by atoms with E-state index in [2.05, 4.69) is 10.3 Å². The van der Waals surface area contributed by atoms with Crippen molar-refractivity contribution in [3.63, 3.8) is 0 Å². The lowest BCUT2D eigenvalue weighted by Crippen LogP contribution is -2.24. The molecule has 1 amide bonds. The zero-order valence-electron chi connectivity index (χ0n) is 12.4. The molecule has 0 radical (unpaired) electrons. The molecule has 5 heteroatoms. The Hall–Kier alpha value is -1.88. The molecule has 0 saturated heterocycles. The summed E-state index contributed by atoms with van der Waals surface area (Å²) in [7, 11) is 1.65. The summed E-state index contributed by atoms with van der Waals surface area (Å²) in [5.41, 5.74) is 2.01. The lowest BCUT2D eigenvalue weighted by atomic mass is 10.2. The van der Waals surface area contributed by atoms with Gasteiger partial charge >= 0.3 is 0 Å². The van der Waals surface area contributed by atoms with Gasteiger partial charge in [-0.3, -0.25) is 4.79 Å². The Labute approximate surface area is 129 Å². The average Bonchev–Trinajstić information content (AvgIpc) is 3.00. The first-order chi connectivity index (χ1) is 10.2. The van der Waals surface area contributed by atoms with Crippen molar-refractivity contribution < 1.29 is 9.53 Å². The largest absolute Gasteiger partial charge is 0.497 e. The van der Waals surface area contributed by atoms with Gasteiger partial charge < -0.3 is 10.1 Å². The summed E-state index contributed by atoms with van der Waals surface area (Å²) in [5.74, 6) is 0.913. The topological polar surface area (TPSA) is 51.2 Å². The maximum atomic E-state index is 11.6. The van der Waals surface area contributed by atoms with Crippen molar-refractivity contribution in [2.45, 2.75) is 26.2 Å². The SMILES string of the molecule is CCCNC(=O)CCc1csc(-c2cccc(OC)c2)n1. The van der Waals surface area contributed by atoms with Crippen LogP contribution in [0.25, 0.3) is 10.6 Å². The van der Waals surface area contributed by atoms with Gasteiger partial charge in [-0.05, 0) is 25.0 Å². The maximum absolute atomic E-state index is 11.6. The number of aromatic nitrogens is 1. The molecule has 0 bridgehead atoms. The molecule has 1 aromatic heterocycles. The van der Waals surface area contributed by atoms with E-state index in [1.54, 1.807) is 18.4 Å². The third-order valence-electron chi connectivity index (χ3n) is 3.05. The number of hydrogen-bond acceptors (Lipinski definition) is 4. The number of ether oxygens (including phenoxy) is 1. The van der Waals surface area contributed by atoms with E-state index >= 15 is 0 Å². The summed E-state index contributed by atoms with van der Waals surface area (Å²) in [6.45, 7) is 2.78. The monoisotopic (exact) mass is 304 g/mol. The fourth-order valence-corrected chi connectivity index (χ4v) is 2.76. The minimum atomic E-state index is 0.0905. The molecule has 0 spiro atoms. The van der Waals surface area contributed by atoms with Crippen LogP contribution in [0, 0.1) is 0 Å². The third-order valence-corrected chi connectivity index (χ3v) is 3.99. The highest BCUT2D eigenvalue weighted by molar-refractivity contribution is 7.13. The first-order valence-corrected chi connectivity index (χ1v) is 7.96. The predicted octanol–water partition coefficient (Wildman–Crippen LogP) is 3.28. The first kappa shape index (κ1) is 15.5. The Kier molecular flexibility index (Phi) is 5.75. The van der Waals surface area contributed by atoms with Crippen LogP contribution in [-0.2, 0) is 11.2 Å². The molecular formula is C16H20N2O2S. The number of nitrogens with zero attached hydrogens (tertiary/aromatic N) is 1. The number of hydrogen-bond donors (Lipinski definition) is 1. The minimum absolute atomic E-state index is 0.0905. The summed E-state index contributed by atoms with van der Waals surface area (Å²) >= 11 is 1.59. The molecule has 1 N–H and O–H groups in total. The second-order valence-electron chi connectivity index (χ2n) is 4.73. The molecule has 21 heavy (non-hydrogen) atoms. The average molecular weight is 304 g/mol. The van der Waals surface area contributed by atoms with E-state index in [4.69, 9.17) is 4.74 Å². The Morgan fingerprint density at radius 3 is 3.05 bits per heavy atom. The van der Waals surface area contributed by atoms with Crippen LogP contribution in [0.4, 0.5) is 0 Å². The normalized spacial score (nSPS) is 10.4. The van der Waals surface area contributed by atoms with Gasteiger partial charge in [0, 0.05) is 23.9 Å². The quantitative estimate of drug-likeness (QED) is 0.854. The molecule has 0 aliphatic rings. The number of carbonyl (C=O) groups is 1. The van der Waals surface area contributed by atoms with Gasteiger partial charge in [-0.1, -0.05) is 19.1 Å². The van der Waals surface area contributed by atoms with Crippen molar-refractivity contribution in [3.05, 3.63) is 35.3 Å². The summed E-state index contributed by atoms with van der Waals surface area (Å²) in [6, 6.07) is 7.85. The van der Waals surface area contributed by atoms with E-state index in [-0.39, 0.29) is 5.91 Å². The molecule has 0 fully saturated rings. The van der Waals surface area contributed by atoms with Gasteiger partial charge in [0.1, 0.15) is 10.8 Å². The Balaban J connectivity index is 1.96. The number of thiazole rings is 1. The summed E-state index contributed by atoms with van der Waals surface area (Å²) in [6.07, 6.45) is 2.12. The highest BCUT2D eigenvalue weighted by Gasteiger charge is 2.07. The maximum Gasteiger partial charge on any atom is 0.220 e. The van der Waals surface area contributed by atoms with Crippen LogP contribution < -0.4 is 10.1 Å². The Morgan fingerprint density at radius 1 is 1.43 bits per heavy atom. The van der Waals surface area contributed by atoms with Crippen molar-refractivity contribution in [2.75, 3.05) is 13.7 Å². The van der Waals surface area contributed by atoms with E-state index < -0.39 is 0 Å². The standard InChI is InChI=1S/C16H20N2O2S/c1-3-9-17-15(19)8-7-13-11-21-16(18-13)12-5-4-6-14(10-12)20-2/h4-6,10-11H,3,7-9H2,1-2H3,(H,17,19). The number of aryl methyl sites for hydroxylation is 1. The second kappa shape index (κ2) is 7.78. The van der Waals surface area contributed by atoms with Crippen LogP contribution in [0.2, 0.25) is 0 Å². The van der Waals surface area contributed by atoms with E-state index in [0.29, 0.717) is 12.8 Å². The third kappa shape index (κ3) is 4.56. The molecule has 1 aromatic carbocycles. The smallest absolute Gasteiger partial charge is 0.220 e. The predicted molar refractivity (Wildman–Crippen MR) is 85.7 cm³/mol. The fraction of sp³-hybridized carbons (Fsp3) is 0.375. The van der Waals surface area contributed by atoms with Crippen molar-refractivity contribution in [2.24, 2.45) is 0 Å². The highest BCUT2D eigenvalue weighted by atomic mass is 32.1. The summed E-state index contributed by atoms with van der Waals surface area (Å²) in [4.78, 5) is 16.2. The van der Waals surface area contributed by atoms with Gasteiger partial charge in [0.05, 0.1) is 12.8 Å². The molecule has 0 atom stereocenters. The first-order valence-electron chi connectivity index (χ1n) is 7.08. The van der Waals surface area contributed by atoms with Gasteiger partial charge in [0.2, 0.25) is 5.91 Å². The summed E-state index contributed by atoms with van der Waals surface area (Å²) < 4.78 is 5.22. The molecule has 112 valence electrons. The Bertz CT molecular complexity index is 595. The number of carbonyl (C=O) groups excluding carboxylic acids is 1. The second-order valence-corrected chi connectivity index (χ2v) is 5.58. The van der Waals surface area contributed by atoms with Crippen LogP contribution in [0.1, 0.15) is 25.5 Å². The fourth-order valence-electron chi connectivity index (χ4n) is 1.90. The number of benzene rings is 1. The minimum Gasteiger partial charge on any atom is -0.497 e. The number of nitrogens with one attached hydrogen (secondary N) is 1.